The molecule has 0 bridgehead atoms. The second-order valence-corrected chi connectivity index (χ2v) is 7.27. The molecule has 29 heavy (non-hydrogen) atoms. The second kappa shape index (κ2) is 7.25. The predicted octanol–water partition coefficient (Wildman–Crippen LogP) is 0.755. The van der Waals surface area contributed by atoms with Gasteiger partial charge in [-0.05, 0) is 49.6 Å². The highest BCUT2D eigenvalue weighted by Gasteiger charge is 2.15. The lowest BCUT2D eigenvalue weighted by Crippen LogP contribution is -2.37. The van der Waals surface area contributed by atoms with E-state index in [1.165, 1.54) is 11.6 Å². The minimum Gasteiger partial charge on any atom is -0.508 e. The maximum absolute atomic E-state index is 12.6. The lowest BCUT2D eigenvalue weighted by molar-refractivity contribution is 0.476. The Labute approximate surface area is 166 Å². The monoisotopic (exact) mass is 396 g/mol. The number of aryl methyl sites for hydroxylation is 3. The number of aromatic nitrogens is 5. The molecular formula is C20H24N6O3. The number of phenolic OH excluding ortho intramolecular Hbond substituents is 1. The third-order valence-electron chi connectivity index (χ3n) is 5.42. The van der Waals surface area contributed by atoms with Crippen molar-refractivity contribution in [1.29, 1.82) is 0 Å². The molecule has 0 spiro atoms. The van der Waals surface area contributed by atoms with Gasteiger partial charge in [0.05, 0.1) is 6.33 Å². The first kappa shape index (κ1) is 19.0. The molecule has 0 amide bonds. The number of hydrogen-bond acceptors (Lipinski definition) is 5. The van der Waals surface area contributed by atoms with E-state index >= 15 is 0 Å². The highest BCUT2D eigenvalue weighted by Crippen LogP contribution is 2.27. The molecule has 0 saturated carbocycles. The summed E-state index contributed by atoms with van der Waals surface area (Å²) in [5, 5.41) is 10.8. The van der Waals surface area contributed by atoms with Gasteiger partial charge in [0.15, 0.2) is 11.2 Å². The topological polar surface area (TPSA) is 124 Å². The van der Waals surface area contributed by atoms with Gasteiger partial charge in [0.2, 0.25) is 0 Å². The molecule has 4 N–H and O–H groups in total. The normalized spacial score (nSPS) is 11.7. The molecule has 9 heteroatoms. The smallest absolute Gasteiger partial charge is 0.332 e. The summed E-state index contributed by atoms with van der Waals surface area (Å²) in [6.07, 6.45) is 3.86. The van der Waals surface area contributed by atoms with E-state index in [0.717, 1.165) is 46.0 Å². The molecule has 0 atom stereocenters. The van der Waals surface area contributed by atoms with Crippen molar-refractivity contribution in [3.05, 3.63) is 56.6 Å². The zero-order valence-corrected chi connectivity index (χ0v) is 16.5. The van der Waals surface area contributed by atoms with Crippen LogP contribution in [0.15, 0.2) is 34.1 Å². The van der Waals surface area contributed by atoms with E-state index in [-0.39, 0.29) is 17.0 Å². The maximum atomic E-state index is 12.6. The number of H-pyrrole nitrogens is 1. The zero-order valence-electron chi connectivity index (χ0n) is 16.5. The van der Waals surface area contributed by atoms with Gasteiger partial charge < -0.3 is 20.4 Å². The first-order valence-electron chi connectivity index (χ1n) is 9.55. The molecule has 0 aliphatic rings. The number of hydrogen-bond donors (Lipinski definition) is 3. The highest BCUT2D eigenvalue weighted by atomic mass is 16.3. The van der Waals surface area contributed by atoms with E-state index in [0.29, 0.717) is 24.3 Å². The number of aromatic amines is 1. The van der Waals surface area contributed by atoms with Gasteiger partial charge >= 0.3 is 5.69 Å². The number of nitrogens with two attached hydrogens (primary N) is 1. The van der Waals surface area contributed by atoms with Crippen molar-refractivity contribution in [2.24, 2.45) is 19.8 Å². The summed E-state index contributed by atoms with van der Waals surface area (Å²) in [7, 11) is 3.08. The summed E-state index contributed by atoms with van der Waals surface area (Å²) in [6, 6.07) is 5.28. The molecule has 3 aromatic heterocycles. The van der Waals surface area contributed by atoms with Crippen molar-refractivity contribution in [1.82, 2.24) is 23.7 Å². The summed E-state index contributed by atoms with van der Waals surface area (Å²) in [5.74, 6) is 0.229. The molecule has 3 heterocycles. The SMILES string of the molecule is Cn1c(=O)c2c(ncn2CCCc2[nH]c3ccc(O)cc3c2CCN)n(C)c1=O. The average molecular weight is 396 g/mol. The van der Waals surface area contributed by atoms with E-state index < -0.39 is 0 Å². The molecule has 0 fully saturated rings. The van der Waals surface area contributed by atoms with Gasteiger partial charge in [-0.25, -0.2) is 9.78 Å². The Morgan fingerprint density at radius 1 is 1.17 bits per heavy atom. The number of phenols is 1. The van der Waals surface area contributed by atoms with Crippen molar-refractivity contribution in [2.45, 2.75) is 25.8 Å². The third-order valence-corrected chi connectivity index (χ3v) is 5.42. The van der Waals surface area contributed by atoms with E-state index in [1.807, 2.05) is 6.07 Å². The Hall–Kier alpha value is -3.33. The van der Waals surface area contributed by atoms with Crippen molar-refractivity contribution in [3.63, 3.8) is 0 Å². The fraction of sp³-hybridized carbons (Fsp3) is 0.350. The maximum Gasteiger partial charge on any atom is 0.332 e. The van der Waals surface area contributed by atoms with Gasteiger partial charge in [-0.2, -0.15) is 0 Å². The first-order chi connectivity index (χ1) is 13.9. The minimum atomic E-state index is -0.388. The number of benzene rings is 1. The molecule has 0 saturated heterocycles. The fourth-order valence-corrected chi connectivity index (χ4v) is 3.93. The largest absolute Gasteiger partial charge is 0.508 e. The average Bonchev–Trinajstić information content (AvgIpc) is 3.27. The van der Waals surface area contributed by atoms with Gasteiger partial charge in [-0.15, -0.1) is 0 Å². The number of imidazole rings is 1. The Bertz CT molecular complexity index is 1320. The summed E-state index contributed by atoms with van der Waals surface area (Å²) in [4.78, 5) is 32.3. The molecule has 0 aliphatic heterocycles. The van der Waals surface area contributed by atoms with E-state index in [2.05, 4.69) is 9.97 Å². The zero-order chi connectivity index (χ0) is 20.7. The number of aromatic hydroxyl groups is 1. The number of nitrogens with zero attached hydrogens (tertiary/aromatic N) is 4. The Morgan fingerprint density at radius 3 is 2.72 bits per heavy atom. The van der Waals surface area contributed by atoms with Gasteiger partial charge in [0, 0.05) is 37.2 Å². The van der Waals surface area contributed by atoms with E-state index in [4.69, 9.17) is 5.73 Å². The van der Waals surface area contributed by atoms with Crippen LogP contribution < -0.4 is 17.0 Å². The Morgan fingerprint density at radius 2 is 1.97 bits per heavy atom. The third kappa shape index (κ3) is 3.13. The molecule has 152 valence electrons. The molecule has 9 nitrogen and oxygen atoms in total. The van der Waals surface area contributed by atoms with Gasteiger partial charge in [-0.1, -0.05) is 0 Å². The quantitative estimate of drug-likeness (QED) is 0.444. The summed E-state index contributed by atoms with van der Waals surface area (Å²) < 4.78 is 4.29. The second-order valence-electron chi connectivity index (χ2n) is 7.27. The van der Waals surface area contributed by atoms with Gasteiger partial charge in [-0.3, -0.25) is 13.9 Å². The summed E-state index contributed by atoms with van der Waals surface area (Å²) >= 11 is 0. The number of nitrogens with one attached hydrogen (secondary N) is 1. The van der Waals surface area contributed by atoms with Crippen LogP contribution in [-0.2, 0) is 33.5 Å². The van der Waals surface area contributed by atoms with Gasteiger partial charge in [0.25, 0.3) is 5.56 Å². The van der Waals surface area contributed by atoms with Crippen LogP contribution in [0.3, 0.4) is 0 Å². The molecule has 0 aliphatic carbocycles. The summed E-state index contributed by atoms with van der Waals surface area (Å²) in [6.45, 7) is 1.11. The minimum absolute atomic E-state index is 0.229. The fourth-order valence-electron chi connectivity index (χ4n) is 3.93. The van der Waals surface area contributed by atoms with Crippen LogP contribution in [0.25, 0.3) is 22.1 Å². The van der Waals surface area contributed by atoms with Crippen LogP contribution in [0.2, 0.25) is 0 Å². The van der Waals surface area contributed by atoms with Crippen LogP contribution in [0.4, 0.5) is 0 Å². The molecule has 0 radical (unpaired) electrons. The predicted molar refractivity (Wildman–Crippen MR) is 111 cm³/mol. The van der Waals surface area contributed by atoms with Crippen molar-refractivity contribution in [2.75, 3.05) is 6.54 Å². The van der Waals surface area contributed by atoms with E-state index in [9.17, 15) is 14.7 Å². The van der Waals surface area contributed by atoms with Crippen LogP contribution in [-0.4, -0.2) is 35.3 Å². The van der Waals surface area contributed by atoms with Crippen molar-refractivity contribution in [3.8, 4) is 5.75 Å². The standard InChI is InChI=1S/C20H24N6O3/c1-24-18-17(19(28)25(2)20(24)29)26(11-22-18)9-3-4-15-13(7-8-21)14-10-12(27)5-6-16(14)23-15/h5-6,10-11,23,27H,3-4,7-9,21H2,1-2H3. The molecule has 4 rings (SSSR count). The lowest BCUT2D eigenvalue weighted by atomic mass is 10.0. The lowest BCUT2D eigenvalue weighted by Gasteiger charge is -2.07. The Balaban J connectivity index is 1.62. The van der Waals surface area contributed by atoms with Crippen LogP contribution in [0.1, 0.15) is 17.7 Å². The summed E-state index contributed by atoms with van der Waals surface area (Å²) in [5.41, 5.74) is 9.05. The number of fused-ring (bicyclic) bond motifs is 2. The molecule has 0 unspecified atom stereocenters. The molecular weight excluding hydrogens is 372 g/mol. The van der Waals surface area contributed by atoms with Crippen molar-refractivity contribution >= 4 is 22.1 Å². The van der Waals surface area contributed by atoms with E-state index in [1.54, 1.807) is 30.1 Å². The first-order valence-corrected chi connectivity index (χ1v) is 9.55. The molecule has 4 aromatic rings. The van der Waals surface area contributed by atoms with Crippen LogP contribution in [0, 0.1) is 0 Å². The number of rotatable bonds is 6. The Kier molecular flexibility index (Phi) is 4.75. The highest BCUT2D eigenvalue weighted by molar-refractivity contribution is 5.86. The van der Waals surface area contributed by atoms with Gasteiger partial charge in [0.1, 0.15) is 5.75 Å². The van der Waals surface area contributed by atoms with Crippen LogP contribution >= 0.6 is 0 Å². The van der Waals surface area contributed by atoms with Crippen LogP contribution in [0.5, 0.6) is 5.75 Å². The van der Waals surface area contributed by atoms with Crippen molar-refractivity contribution < 1.29 is 5.11 Å². The molecule has 1 aromatic carbocycles.